The summed E-state index contributed by atoms with van der Waals surface area (Å²) in [6, 6.07) is 0. The molecule has 102 valence electrons. The quantitative estimate of drug-likeness (QED) is 0.715. The van der Waals surface area contributed by atoms with E-state index in [0.717, 1.165) is 18.5 Å². The van der Waals surface area contributed by atoms with Crippen molar-refractivity contribution >= 4 is 0 Å². The fourth-order valence-electron chi connectivity index (χ4n) is 1.85. The predicted molar refractivity (Wildman–Crippen MR) is 60.7 cm³/mol. The van der Waals surface area contributed by atoms with Crippen LogP contribution in [0.15, 0.2) is 9.59 Å². The van der Waals surface area contributed by atoms with Crippen molar-refractivity contribution in [3.63, 3.8) is 0 Å². The highest BCUT2D eigenvalue weighted by atomic mass is 19.4. The summed E-state index contributed by atoms with van der Waals surface area (Å²) >= 11 is 0. The number of nitrogens with zero attached hydrogens (tertiary/aromatic N) is 2. The van der Waals surface area contributed by atoms with E-state index in [4.69, 9.17) is 0 Å². The van der Waals surface area contributed by atoms with Crippen LogP contribution in [0.3, 0.4) is 0 Å². The third-order valence-corrected chi connectivity index (χ3v) is 2.63. The van der Waals surface area contributed by atoms with Gasteiger partial charge in [-0.05, 0) is 27.7 Å². The van der Waals surface area contributed by atoms with Gasteiger partial charge in [0.2, 0.25) is 0 Å². The molecule has 0 atom stereocenters. The van der Waals surface area contributed by atoms with E-state index in [1.807, 2.05) is 0 Å². The molecular weight excluding hydrogens is 249 g/mol. The van der Waals surface area contributed by atoms with Gasteiger partial charge in [-0.2, -0.15) is 13.2 Å². The lowest BCUT2D eigenvalue weighted by Crippen LogP contribution is -2.50. The Hall–Kier alpha value is -1.53. The summed E-state index contributed by atoms with van der Waals surface area (Å²) in [5.41, 5.74) is -4.42. The third kappa shape index (κ3) is 2.21. The van der Waals surface area contributed by atoms with Gasteiger partial charge < -0.3 is 0 Å². The summed E-state index contributed by atoms with van der Waals surface area (Å²) in [6.07, 6.45) is -4.73. The second-order valence-electron chi connectivity index (χ2n) is 5.12. The topological polar surface area (TPSA) is 44.0 Å². The number of alkyl halides is 3. The average molecular weight is 264 g/mol. The molecule has 0 fully saturated rings. The van der Waals surface area contributed by atoms with E-state index in [2.05, 4.69) is 0 Å². The van der Waals surface area contributed by atoms with Crippen molar-refractivity contribution in [3.8, 4) is 0 Å². The molecule has 1 aromatic heterocycles. The Morgan fingerprint density at radius 1 is 1.06 bits per heavy atom. The van der Waals surface area contributed by atoms with Crippen LogP contribution < -0.4 is 11.2 Å². The van der Waals surface area contributed by atoms with Crippen LogP contribution in [-0.2, 0) is 18.8 Å². The predicted octanol–water partition coefficient (Wildman–Crippen LogP) is 1.63. The largest absolute Gasteiger partial charge is 0.432 e. The maximum atomic E-state index is 12.8. The normalized spacial score (nSPS) is 12.9. The molecule has 7 heteroatoms. The number of aromatic nitrogens is 2. The first-order valence-corrected chi connectivity index (χ1v) is 5.29. The Labute approximate surface area is 102 Å². The molecule has 0 bridgehead atoms. The smallest absolute Gasteiger partial charge is 0.292 e. The molecular formula is C11H15F3N2O2. The second-order valence-corrected chi connectivity index (χ2v) is 5.12. The highest BCUT2D eigenvalue weighted by molar-refractivity contribution is 5.20. The van der Waals surface area contributed by atoms with E-state index < -0.39 is 34.2 Å². The summed E-state index contributed by atoms with van der Waals surface area (Å²) in [5, 5.41) is 0. The van der Waals surface area contributed by atoms with Crippen molar-refractivity contribution in [3.05, 3.63) is 32.1 Å². The lowest BCUT2D eigenvalue weighted by atomic mass is 10.1. The molecule has 18 heavy (non-hydrogen) atoms. The van der Waals surface area contributed by atoms with E-state index in [1.54, 1.807) is 20.8 Å². The molecule has 1 heterocycles. The zero-order valence-electron chi connectivity index (χ0n) is 10.8. The molecule has 0 saturated carbocycles. The molecule has 1 aromatic rings. The summed E-state index contributed by atoms with van der Waals surface area (Å²) in [5.74, 6) is 0. The molecule has 0 aliphatic carbocycles. The van der Waals surface area contributed by atoms with Gasteiger partial charge in [0.1, 0.15) is 5.69 Å². The average Bonchev–Trinajstić information content (AvgIpc) is 2.10. The highest BCUT2D eigenvalue weighted by Crippen LogP contribution is 2.29. The molecule has 1 rings (SSSR count). The number of hydrogen-bond donors (Lipinski definition) is 0. The Bertz CT molecular complexity index is 551. The molecule has 0 spiro atoms. The lowest BCUT2D eigenvalue weighted by molar-refractivity contribution is -0.144. The van der Waals surface area contributed by atoms with Gasteiger partial charge in [0.25, 0.3) is 5.56 Å². The van der Waals surface area contributed by atoms with Gasteiger partial charge in [-0.25, -0.2) is 4.79 Å². The maximum Gasteiger partial charge on any atom is 0.432 e. The van der Waals surface area contributed by atoms with Gasteiger partial charge in [-0.3, -0.25) is 13.9 Å². The molecule has 0 N–H and O–H groups in total. The van der Waals surface area contributed by atoms with Crippen LogP contribution >= 0.6 is 0 Å². The molecule has 0 amide bonds. The molecule has 0 aromatic carbocycles. The zero-order valence-corrected chi connectivity index (χ0v) is 10.8. The zero-order chi connectivity index (χ0) is 14.5. The first-order valence-electron chi connectivity index (χ1n) is 5.29. The first-order chi connectivity index (χ1) is 7.89. The highest BCUT2D eigenvalue weighted by Gasteiger charge is 2.38. The van der Waals surface area contributed by atoms with E-state index >= 15 is 0 Å². The van der Waals surface area contributed by atoms with Crippen LogP contribution in [0.25, 0.3) is 0 Å². The summed E-state index contributed by atoms with van der Waals surface area (Å²) in [4.78, 5) is 23.8. The van der Waals surface area contributed by atoms with Crippen molar-refractivity contribution in [2.45, 2.75) is 39.4 Å². The Morgan fingerprint density at radius 2 is 1.50 bits per heavy atom. The molecule has 0 unspecified atom stereocenters. The number of hydrogen-bond acceptors (Lipinski definition) is 2. The molecule has 4 nitrogen and oxygen atoms in total. The Morgan fingerprint density at radius 3 is 1.83 bits per heavy atom. The van der Waals surface area contributed by atoms with Crippen LogP contribution in [0.5, 0.6) is 0 Å². The van der Waals surface area contributed by atoms with Crippen molar-refractivity contribution in [1.29, 1.82) is 0 Å². The molecule has 0 radical (unpaired) electrons. The van der Waals surface area contributed by atoms with Crippen LogP contribution in [0.4, 0.5) is 13.2 Å². The number of rotatable bonds is 0. The van der Waals surface area contributed by atoms with Crippen LogP contribution in [0.1, 0.15) is 32.0 Å². The first kappa shape index (κ1) is 14.5. The van der Waals surface area contributed by atoms with Crippen molar-refractivity contribution in [2.24, 2.45) is 7.05 Å². The van der Waals surface area contributed by atoms with E-state index in [9.17, 15) is 22.8 Å². The second kappa shape index (κ2) is 4.00. The monoisotopic (exact) mass is 264 g/mol. The SMILES string of the molecule is Cc1c(C(F)(F)F)n(C)c(=O)n(C(C)(C)C)c1=O. The summed E-state index contributed by atoms with van der Waals surface area (Å²) in [6.45, 7) is 5.83. The fourth-order valence-corrected chi connectivity index (χ4v) is 1.85. The van der Waals surface area contributed by atoms with Gasteiger partial charge in [0, 0.05) is 18.2 Å². The van der Waals surface area contributed by atoms with Gasteiger partial charge in [0.15, 0.2) is 0 Å². The molecule has 0 aliphatic rings. The lowest BCUT2D eigenvalue weighted by Gasteiger charge is -2.24. The van der Waals surface area contributed by atoms with E-state index in [0.29, 0.717) is 4.57 Å². The van der Waals surface area contributed by atoms with Crippen LogP contribution in [0.2, 0.25) is 0 Å². The van der Waals surface area contributed by atoms with Crippen LogP contribution in [-0.4, -0.2) is 9.13 Å². The maximum absolute atomic E-state index is 12.8. The van der Waals surface area contributed by atoms with Gasteiger partial charge >= 0.3 is 11.9 Å². The number of halogens is 3. The fraction of sp³-hybridized carbons (Fsp3) is 0.636. The van der Waals surface area contributed by atoms with Gasteiger partial charge in [0.05, 0.1) is 0 Å². The molecule has 0 aliphatic heterocycles. The Balaban J connectivity index is 3.92. The molecule has 0 saturated heterocycles. The minimum atomic E-state index is -4.73. The van der Waals surface area contributed by atoms with Gasteiger partial charge in [-0.1, -0.05) is 0 Å². The van der Waals surface area contributed by atoms with Crippen molar-refractivity contribution in [2.75, 3.05) is 0 Å². The minimum Gasteiger partial charge on any atom is -0.292 e. The van der Waals surface area contributed by atoms with Crippen molar-refractivity contribution in [1.82, 2.24) is 9.13 Å². The van der Waals surface area contributed by atoms with Crippen molar-refractivity contribution < 1.29 is 13.2 Å². The van der Waals surface area contributed by atoms with E-state index in [1.165, 1.54) is 0 Å². The minimum absolute atomic E-state index is 0.473. The summed E-state index contributed by atoms with van der Waals surface area (Å²) < 4.78 is 39.7. The van der Waals surface area contributed by atoms with Crippen LogP contribution in [0, 0.1) is 6.92 Å². The van der Waals surface area contributed by atoms with Gasteiger partial charge in [-0.15, -0.1) is 0 Å². The van der Waals surface area contributed by atoms with E-state index in [-0.39, 0.29) is 0 Å². The standard InChI is InChI=1S/C11H15F3N2O2/c1-6-7(11(12,13)14)15(5)9(18)16(8(6)17)10(2,3)4/h1-5H3. The third-order valence-electron chi connectivity index (χ3n) is 2.63. The summed E-state index contributed by atoms with van der Waals surface area (Å²) in [7, 11) is 1.01. The Kier molecular flexibility index (Phi) is 3.23.